The van der Waals surface area contributed by atoms with Gasteiger partial charge in [0.15, 0.2) is 5.69 Å². The van der Waals surface area contributed by atoms with E-state index >= 15 is 0 Å². The number of benzene rings is 1. The summed E-state index contributed by atoms with van der Waals surface area (Å²) in [7, 11) is 0. The van der Waals surface area contributed by atoms with E-state index in [2.05, 4.69) is 14.8 Å². The highest BCUT2D eigenvalue weighted by Crippen LogP contribution is 2.21. The molecule has 1 aromatic carbocycles. The molecular weight excluding hydrogens is 250 g/mol. The number of H-pyrrole nitrogens is 1. The average molecular weight is 260 g/mol. The molecule has 2 aromatic heterocycles. The Bertz CT molecular complexity index is 727. The van der Waals surface area contributed by atoms with Crippen LogP contribution in [0, 0.1) is 17.0 Å². The SMILES string of the molecule is Cc1csc2[nH]c(-c3ccc([N+](=O)[O-])cc3)c[n+]12. The van der Waals surface area contributed by atoms with E-state index in [1.54, 1.807) is 23.5 Å². The Morgan fingerprint density at radius 1 is 1.33 bits per heavy atom. The Labute approximate surface area is 106 Å². The van der Waals surface area contributed by atoms with Crippen LogP contribution in [0.5, 0.6) is 0 Å². The number of aryl methyl sites for hydroxylation is 1. The van der Waals surface area contributed by atoms with Gasteiger partial charge in [-0.25, -0.2) is 4.98 Å². The van der Waals surface area contributed by atoms with Crippen molar-refractivity contribution in [1.29, 1.82) is 0 Å². The predicted molar refractivity (Wildman–Crippen MR) is 68.7 cm³/mol. The fraction of sp³-hybridized carbons (Fsp3) is 0.0833. The van der Waals surface area contributed by atoms with Gasteiger partial charge < -0.3 is 0 Å². The number of aromatic nitrogens is 2. The Hall–Kier alpha value is -2.21. The van der Waals surface area contributed by atoms with Gasteiger partial charge in [-0.1, -0.05) is 11.3 Å². The van der Waals surface area contributed by atoms with Crippen LogP contribution < -0.4 is 4.40 Å². The van der Waals surface area contributed by atoms with Crippen molar-refractivity contribution < 1.29 is 9.32 Å². The fourth-order valence-corrected chi connectivity index (χ4v) is 2.73. The van der Waals surface area contributed by atoms with Gasteiger partial charge in [0.25, 0.3) is 5.69 Å². The molecule has 0 spiro atoms. The molecule has 0 atom stereocenters. The molecule has 0 aliphatic heterocycles. The number of hydrogen-bond acceptors (Lipinski definition) is 3. The van der Waals surface area contributed by atoms with Gasteiger partial charge in [0.2, 0.25) is 0 Å². The number of nitrogens with one attached hydrogen (secondary N) is 1. The summed E-state index contributed by atoms with van der Waals surface area (Å²) in [5.74, 6) is 0. The number of thiazole rings is 1. The molecule has 0 amide bonds. The van der Waals surface area contributed by atoms with Gasteiger partial charge in [-0.3, -0.25) is 10.1 Å². The van der Waals surface area contributed by atoms with E-state index in [1.807, 2.05) is 13.1 Å². The number of fused-ring (bicyclic) bond motifs is 1. The Balaban J connectivity index is 2.05. The molecule has 0 saturated heterocycles. The maximum atomic E-state index is 10.6. The molecule has 6 heteroatoms. The number of nitrogens with zero attached hydrogens (tertiary/aromatic N) is 2. The minimum absolute atomic E-state index is 0.107. The van der Waals surface area contributed by atoms with Crippen molar-refractivity contribution in [2.45, 2.75) is 6.92 Å². The minimum Gasteiger partial charge on any atom is -0.258 e. The predicted octanol–water partition coefficient (Wildman–Crippen LogP) is 2.70. The summed E-state index contributed by atoms with van der Waals surface area (Å²) in [6.45, 7) is 2.04. The fourth-order valence-electron chi connectivity index (χ4n) is 1.85. The third-order valence-corrected chi connectivity index (χ3v) is 3.81. The normalized spacial score (nSPS) is 10.9. The van der Waals surface area contributed by atoms with Crippen molar-refractivity contribution in [3.63, 3.8) is 0 Å². The second kappa shape index (κ2) is 3.92. The molecule has 0 fully saturated rings. The molecule has 2 heterocycles. The lowest BCUT2D eigenvalue weighted by Crippen LogP contribution is -2.17. The number of imidazole rings is 1. The zero-order valence-electron chi connectivity index (χ0n) is 9.58. The second-order valence-electron chi connectivity index (χ2n) is 4.02. The number of rotatable bonds is 2. The van der Waals surface area contributed by atoms with Crippen LogP contribution in [0.3, 0.4) is 0 Å². The highest BCUT2D eigenvalue weighted by Gasteiger charge is 2.15. The van der Waals surface area contributed by atoms with Crippen LogP contribution in [-0.4, -0.2) is 9.91 Å². The van der Waals surface area contributed by atoms with E-state index in [1.165, 1.54) is 17.8 Å². The highest BCUT2D eigenvalue weighted by molar-refractivity contribution is 7.14. The summed E-state index contributed by atoms with van der Waals surface area (Å²) in [6, 6.07) is 6.54. The molecular formula is C12H10N3O2S+. The van der Waals surface area contributed by atoms with Crippen LogP contribution in [-0.2, 0) is 0 Å². The van der Waals surface area contributed by atoms with Crippen molar-refractivity contribution in [1.82, 2.24) is 4.98 Å². The van der Waals surface area contributed by atoms with E-state index in [-0.39, 0.29) is 5.69 Å². The molecule has 3 aromatic rings. The van der Waals surface area contributed by atoms with Crippen molar-refractivity contribution in [2.75, 3.05) is 0 Å². The third-order valence-electron chi connectivity index (χ3n) is 2.83. The summed E-state index contributed by atoms with van der Waals surface area (Å²) >= 11 is 1.64. The Morgan fingerprint density at radius 3 is 2.67 bits per heavy atom. The molecule has 18 heavy (non-hydrogen) atoms. The molecule has 0 aliphatic carbocycles. The summed E-state index contributed by atoms with van der Waals surface area (Å²) in [6.07, 6.45) is 2.00. The molecule has 0 radical (unpaired) electrons. The Kier molecular flexibility index (Phi) is 2.38. The number of nitro benzene ring substituents is 1. The van der Waals surface area contributed by atoms with Gasteiger partial charge in [-0.05, 0) is 19.1 Å². The summed E-state index contributed by atoms with van der Waals surface area (Å²) in [5, 5.41) is 12.7. The van der Waals surface area contributed by atoms with E-state index < -0.39 is 4.92 Å². The van der Waals surface area contributed by atoms with Crippen molar-refractivity contribution >= 4 is 22.0 Å². The van der Waals surface area contributed by atoms with E-state index in [4.69, 9.17) is 0 Å². The number of nitro groups is 1. The van der Waals surface area contributed by atoms with Gasteiger partial charge >= 0.3 is 4.96 Å². The monoisotopic (exact) mass is 260 g/mol. The molecule has 0 unspecified atom stereocenters. The average Bonchev–Trinajstić information content (AvgIpc) is 2.92. The molecule has 0 saturated carbocycles. The third kappa shape index (κ3) is 1.67. The van der Waals surface area contributed by atoms with Crippen LogP contribution >= 0.6 is 11.3 Å². The van der Waals surface area contributed by atoms with Crippen LogP contribution in [0.25, 0.3) is 16.2 Å². The van der Waals surface area contributed by atoms with Gasteiger partial charge in [0, 0.05) is 23.1 Å². The molecule has 0 bridgehead atoms. The van der Waals surface area contributed by atoms with Crippen LogP contribution in [0.1, 0.15) is 5.69 Å². The van der Waals surface area contributed by atoms with E-state index in [0.717, 1.165) is 16.2 Å². The van der Waals surface area contributed by atoms with Gasteiger partial charge in [0.1, 0.15) is 11.9 Å². The van der Waals surface area contributed by atoms with Gasteiger partial charge in [-0.15, -0.1) is 0 Å². The number of hydrogen-bond donors (Lipinski definition) is 1. The van der Waals surface area contributed by atoms with Crippen LogP contribution in [0.2, 0.25) is 0 Å². The maximum absolute atomic E-state index is 10.6. The molecule has 5 nitrogen and oxygen atoms in total. The topological polar surface area (TPSA) is 63.0 Å². The molecule has 1 N–H and O–H groups in total. The summed E-state index contributed by atoms with van der Waals surface area (Å²) < 4.78 is 2.07. The van der Waals surface area contributed by atoms with Gasteiger partial charge in [-0.2, -0.15) is 4.40 Å². The van der Waals surface area contributed by atoms with Crippen molar-refractivity contribution in [3.05, 3.63) is 51.7 Å². The lowest BCUT2D eigenvalue weighted by atomic mass is 10.1. The largest absolute Gasteiger partial charge is 0.344 e. The second-order valence-corrected chi connectivity index (χ2v) is 4.88. The number of non-ortho nitro benzene ring substituents is 1. The first-order valence-corrected chi connectivity index (χ1v) is 6.26. The van der Waals surface area contributed by atoms with Crippen molar-refractivity contribution in [2.24, 2.45) is 0 Å². The first-order chi connectivity index (χ1) is 8.65. The zero-order chi connectivity index (χ0) is 12.7. The van der Waals surface area contributed by atoms with E-state index in [0.29, 0.717) is 0 Å². The lowest BCUT2D eigenvalue weighted by molar-refractivity contribution is -0.512. The summed E-state index contributed by atoms with van der Waals surface area (Å²) in [4.78, 5) is 14.5. The molecule has 0 aliphatic rings. The van der Waals surface area contributed by atoms with E-state index in [9.17, 15) is 10.1 Å². The molecule has 90 valence electrons. The number of aromatic amines is 1. The van der Waals surface area contributed by atoms with Gasteiger partial charge in [0.05, 0.1) is 4.92 Å². The summed E-state index contributed by atoms with van der Waals surface area (Å²) in [5.41, 5.74) is 3.17. The zero-order valence-corrected chi connectivity index (χ0v) is 10.4. The molecule has 3 rings (SSSR count). The van der Waals surface area contributed by atoms with Crippen molar-refractivity contribution in [3.8, 4) is 11.3 Å². The maximum Gasteiger partial charge on any atom is 0.344 e. The first kappa shape index (κ1) is 10.9. The van der Waals surface area contributed by atoms with Crippen LogP contribution in [0.4, 0.5) is 5.69 Å². The smallest absolute Gasteiger partial charge is 0.258 e. The Morgan fingerprint density at radius 2 is 2.06 bits per heavy atom. The highest BCUT2D eigenvalue weighted by atomic mass is 32.1. The standard InChI is InChI=1S/C12H9N3O2S/c1-8-7-18-12-13-11(6-14(8)12)9-2-4-10(5-3-9)15(16)17/h2-7H,1H3/p+1. The first-order valence-electron chi connectivity index (χ1n) is 5.38. The lowest BCUT2D eigenvalue weighted by Gasteiger charge is -1.93. The minimum atomic E-state index is -0.393. The quantitative estimate of drug-likeness (QED) is 0.437. The van der Waals surface area contributed by atoms with Crippen LogP contribution in [0.15, 0.2) is 35.8 Å².